The van der Waals surface area contributed by atoms with Crippen LogP contribution < -0.4 is 0 Å². The van der Waals surface area contributed by atoms with Gasteiger partial charge in [0.1, 0.15) is 5.60 Å². The molecule has 2 rings (SSSR count). The quantitative estimate of drug-likeness (QED) is 0.675. The van der Waals surface area contributed by atoms with E-state index >= 15 is 0 Å². The largest absolute Gasteiger partial charge is 0.444 e. The van der Waals surface area contributed by atoms with E-state index in [1.165, 1.54) is 24.3 Å². The van der Waals surface area contributed by atoms with E-state index in [0.29, 0.717) is 5.41 Å². The van der Waals surface area contributed by atoms with Gasteiger partial charge in [-0.25, -0.2) is 4.79 Å². The first kappa shape index (κ1) is 14.0. The molecule has 2 fully saturated rings. The summed E-state index contributed by atoms with van der Waals surface area (Å²) >= 11 is 2.07. The highest BCUT2D eigenvalue weighted by molar-refractivity contribution is 7.99. The van der Waals surface area contributed by atoms with Gasteiger partial charge >= 0.3 is 6.09 Å². The fourth-order valence-corrected chi connectivity index (χ4v) is 4.15. The van der Waals surface area contributed by atoms with Crippen molar-refractivity contribution in [1.82, 2.24) is 4.90 Å². The lowest BCUT2D eigenvalue weighted by Gasteiger charge is -2.44. The first-order chi connectivity index (χ1) is 8.40. The summed E-state index contributed by atoms with van der Waals surface area (Å²) in [6, 6.07) is 0. The number of carbonyl (C=O) groups excluding carboxylic acids is 1. The molecular formula is C14H25NO2S. The average Bonchev–Trinajstić information content (AvgIpc) is 2.28. The van der Waals surface area contributed by atoms with Crippen LogP contribution in [0, 0.1) is 5.41 Å². The molecule has 18 heavy (non-hydrogen) atoms. The Morgan fingerprint density at radius 1 is 1.11 bits per heavy atom. The molecule has 2 heterocycles. The van der Waals surface area contributed by atoms with Crippen molar-refractivity contribution in [2.75, 3.05) is 24.6 Å². The number of piperidine rings is 1. The summed E-state index contributed by atoms with van der Waals surface area (Å²) in [7, 11) is 0. The third kappa shape index (κ3) is 3.56. The molecule has 0 bridgehead atoms. The minimum Gasteiger partial charge on any atom is -0.444 e. The Morgan fingerprint density at radius 3 is 2.17 bits per heavy atom. The molecule has 0 aliphatic carbocycles. The normalized spacial score (nSPS) is 24.1. The maximum Gasteiger partial charge on any atom is 0.410 e. The first-order valence-corrected chi connectivity index (χ1v) is 8.11. The summed E-state index contributed by atoms with van der Waals surface area (Å²) in [5.74, 6) is 2.60. The second kappa shape index (κ2) is 5.32. The minimum absolute atomic E-state index is 0.137. The molecule has 4 heteroatoms. The summed E-state index contributed by atoms with van der Waals surface area (Å²) in [5, 5.41) is 0. The predicted octanol–water partition coefficient (Wildman–Crippen LogP) is 3.53. The number of ether oxygens (including phenoxy) is 1. The van der Waals surface area contributed by atoms with Crippen LogP contribution in [0.5, 0.6) is 0 Å². The van der Waals surface area contributed by atoms with Crippen molar-refractivity contribution in [3.63, 3.8) is 0 Å². The molecule has 0 aromatic rings. The van der Waals surface area contributed by atoms with Crippen molar-refractivity contribution in [1.29, 1.82) is 0 Å². The van der Waals surface area contributed by atoms with Crippen LogP contribution in [0.15, 0.2) is 0 Å². The van der Waals surface area contributed by atoms with Gasteiger partial charge in [0.2, 0.25) is 0 Å². The molecular weight excluding hydrogens is 246 g/mol. The standard InChI is InChI=1S/C14H25NO2S/c1-13(2,3)17-12(16)15-8-4-14(5-9-15)6-10-18-11-7-14/h4-11H2,1-3H3. The SMILES string of the molecule is CC(C)(C)OC(=O)N1CCC2(CCSCC2)CC1. The number of likely N-dealkylation sites (tertiary alicyclic amines) is 1. The Morgan fingerprint density at radius 2 is 1.67 bits per heavy atom. The van der Waals surface area contributed by atoms with E-state index in [9.17, 15) is 4.79 Å². The number of hydrogen-bond donors (Lipinski definition) is 0. The van der Waals surface area contributed by atoms with E-state index in [1.807, 2.05) is 25.7 Å². The van der Waals surface area contributed by atoms with E-state index in [2.05, 4.69) is 11.8 Å². The lowest BCUT2D eigenvalue weighted by Crippen LogP contribution is -2.46. The van der Waals surface area contributed by atoms with Crippen LogP contribution in [-0.2, 0) is 4.74 Å². The van der Waals surface area contributed by atoms with Crippen molar-refractivity contribution in [3.8, 4) is 0 Å². The maximum absolute atomic E-state index is 12.0. The van der Waals surface area contributed by atoms with Crippen LogP contribution in [0.2, 0.25) is 0 Å². The number of rotatable bonds is 0. The van der Waals surface area contributed by atoms with Gasteiger partial charge in [-0.2, -0.15) is 11.8 Å². The van der Waals surface area contributed by atoms with Crippen molar-refractivity contribution < 1.29 is 9.53 Å². The maximum atomic E-state index is 12.0. The first-order valence-electron chi connectivity index (χ1n) is 6.96. The van der Waals surface area contributed by atoms with Crippen molar-refractivity contribution in [3.05, 3.63) is 0 Å². The molecule has 0 atom stereocenters. The van der Waals surface area contributed by atoms with Crippen LogP contribution in [0.25, 0.3) is 0 Å². The zero-order valence-electron chi connectivity index (χ0n) is 11.8. The van der Waals surface area contributed by atoms with Crippen LogP contribution in [0.1, 0.15) is 46.5 Å². The van der Waals surface area contributed by atoms with Crippen LogP contribution in [-0.4, -0.2) is 41.2 Å². The molecule has 0 unspecified atom stereocenters. The topological polar surface area (TPSA) is 29.5 Å². The van der Waals surface area contributed by atoms with Gasteiger partial charge in [-0.1, -0.05) is 0 Å². The van der Waals surface area contributed by atoms with Crippen LogP contribution >= 0.6 is 11.8 Å². The van der Waals surface area contributed by atoms with Gasteiger partial charge < -0.3 is 9.64 Å². The molecule has 1 amide bonds. The Hall–Kier alpha value is -0.380. The fourth-order valence-electron chi connectivity index (χ4n) is 2.79. The molecule has 2 aliphatic rings. The van der Waals surface area contributed by atoms with E-state index in [-0.39, 0.29) is 11.7 Å². The molecule has 0 radical (unpaired) electrons. The van der Waals surface area contributed by atoms with E-state index in [0.717, 1.165) is 25.9 Å². The van der Waals surface area contributed by atoms with Gasteiger partial charge in [0, 0.05) is 13.1 Å². The third-order valence-corrected chi connectivity index (χ3v) is 5.01. The summed E-state index contributed by atoms with van der Waals surface area (Å²) < 4.78 is 5.44. The van der Waals surface area contributed by atoms with Gasteiger partial charge in [-0.15, -0.1) is 0 Å². The second-order valence-electron chi connectivity index (χ2n) is 6.58. The fraction of sp³-hybridized carbons (Fsp3) is 0.929. The molecule has 2 saturated heterocycles. The zero-order chi connectivity index (χ0) is 13.2. The predicted molar refractivity (Wildman–Crippen MR) is 76.0 cm³/mol. The van der Waals surface area contributed by atoms with Gasteiger partial charge in [0.15, 0.2) is 0 Å². The molecule has 0 aromatic carbocycles. The Labute approximate surface area is 115 Å². The highest BCUT2D eigenvalue weighted by Crippen LogP contribution is 2.43. The lowest BCUT2D eigenvalue weighted by molar-refractivity contribution is 0.00888. The molecule has 0 N–H and O–H groups in total. The van der Waals surface area contributed by atoms with Crippen LogP contribution in [0.3, 0.4) is 0 Å². The summed E-state index contributed by atoms with van der Waals surface area (Å²) in [4.78, 5) is 13.9. The van der Waals surface area contributed by atoms with E-state index < -0.39 is 0 Å². The third-order valence-electron chi connectivity index (χ3n) is 4.03. The van der Waals surface area contributed by atoms with Gasteiger partial charge in [0.25, 0.3) is 0 Å². The monoisotopic (exact) mass is 271 g/mol. The van der Waals surface area contributed by atoms with Crippen molar-refractivity contribution >= 4 is 17.9 Å². The molecule has 1 spiro atoms. The minimum atomic E-state index is -0.381. The van der Waals surface area contributed by atoms with Crippen LogP contribution in [0.4, 0.5) is 4.79 Å². The van der Waals surface area contributed by atoms with Gasteiger partial charge in [-0.3, -0.25) is 0 Å². The Kier molecular flexibility index (Phi) is 4.15. The highest BCUT2D eigenvalue weighted by atomic mass is 32.2. The Bertz CT molecular complexity index is 295. The zero-order valence-corrected chi connectivity index (χ0v) is 12.6. The molecule has 3 nitrogen and oxygen atoms in total. The highest BCUT2D eigenvalue weighted by Gasteiger charge is 2.37. The molecule has 0 saturated carbocycles. The second-order valence-corrected chi connectivity index (χ2v) is 7.80. The van der Waals surface area contributed by atoms with E-state index in [1.54, 1.807) is 0 Å². The smallest absolute Gasteiger partial charge is 0.410 e. The van der Waals surface area contributed by atoms with Gasteiger partial charge in [0.05, 0.1) is 0 Å². The number of amides is 1. The van der Waals surface area contributed by atoms with E-state index in [4.69, 9.17) is 4.74 Å². The molecule has 104 valence electrons. The number of thioether (sulfide) groups is 1. The molecule has 2 aliphatic heterocycles. The summed E-state index contributed by atoms with van der Waals surface area (Å²) in [6.07, 6.45) is 4.85. The molecule has 0 aromatic heterocycles. The summed E-state index contributed by atoms with van der Waals surface area (Å²) in [5.41, 5.74) is 0.150. The average molecular weight is 271 g/mol. The Balaban J connectivity index is 1.84. The van der Waals surface area contributed by atoms with Gasteiger partial charge in [-0.05, 0) is 63.4 Å². The number of carbonyl (C=O) groups is 1. The van der Waals surface area contributed by atoms with Crippen molar-refractivity contribution in [2.24, 2.45) is 5.41 Å². The van der Waals surface area contributed by atoms with Crippen molar-refractivity contribution in [2.45, 2.75) is 52.1 Å². The lowest BCUT2D eigenvalue weighted by atomic mass is 9.74. The number of hydrogen-bond acceptors (Lipinski definition) is 3. The summed E-state index contributed by atoms with van der Waals surface area (Å²) in [6.45, 7) is 7.53. The number of nitrogens with zero attached hydrogens (tertiary/aromatic N) is 1.